The van der Waals surface area contributed by atoms with Crippen LogP contribution >= 0.6 is 0 Å². The molecule has 0 radical (unpaired) electrons. The number of nitro groups is 1. The van der Waals surface area contributed by atoms with Gasteiger partial charge in [0.2, 0.25) is 0 Å². The number of benzene rings is 2. The van der Waals surface area contributed by atoms with E-state index >= 15 is 0 Å². The Labute approximate surface area is 138 Å². The number of hydrogen-bond acceptors (Lipinski definition) is 5. The van der Waals surface area contributed by atoms with Gasteiger partial charge in [0.15, 0.2) is 5.75 Å². The Hall–Kier alpha value is -3.09. The average molecular weight is 328 g/mol. The van der Waals surface area contributed by atoms with Gasteiger partial charge in [-0.15, -0.1) is 0 Å². The summed E-state index contributed by atoms with van der Waals surface area (Å²) < 4.78 is 10.8. The fourth-order valence-electron chi connectivity index (χ4n) is 2.36. The third-order valence-corrected chi connectivity index (χ3v) is 3.67. The number of ether oxygens (including phenoxy) is 2. The van der Waals surface area contributed by atoms with E-state index in [9.17, 15) is 14.9 Å². The minimum atomic E-state index is -0.486. The SMILES string of the molecule is O=C(OCc1ccccc1)N1CC(Oc2ccccc2[N+](=O)[O-])C1. The summed E-state index contributed by atoms with van der Waals surface area (Å²) >= 11 is 0. The quantitative estimate of drug-likeness (QED) is 0.622. The van der Waals surface area contributed by atoms with Crippen LogP contribution in [0.2, 0.25) is 0 Å². The summed E-state index contributed by atoms with van der Waals surface area (Å²) in [7, 11) is 0. The largest absolute Gasteiger partial charge is 0.480 e. The van der Waals surface area contributed by atoms with E-state index in [0.717, 1.165) is 5.56 Å². The van der Waals surface area contributed by atoms with Gasteiger partial charge in [-0.3, -0.25) is 10.1 Å². The first kappa shape index (κ1) is 15.8. The molecule has 1 saturated heterocycles. The maximum absolute atomic E-state index is 11.9. The van der Waals surface area contributed by atoms with Crippen molar-refractivity contribution in [2.45, 2.75) is 12.7 Å². The average Bonchev–Trinajstić information content (AvgIpc) is 2.56. The molecule has 0 aromatic heterocycles. The maximum Gasteiger partial charge on any atom is 0.410 e. The Kier molecular flexibility index (Phi) is 4.60. The molecule has 7 nitrogen and oxygen atoms in total. The van der Waals surface area contributed by atoms with Crippen molar-refractivity contribution < 1.29 is 19.2 Å². The number of hydrogen-bond donors (Lipinski definition) is 0. The van der Waals surface area contributed by atoms with Crippen LogP contribution in [0.25, 0.3) is 0 Å². The number of likely N-dealkylation sites (tertiary alicyclic amines) is 1. The Balaban J connectivity index is 1.47. The molecular weight excluding hydrogens is 312 g/mol. The topological polar surface area (TPSA) is 81.9 Å². The predicted octanol–water partition coefficient (Wildman–Crippen LogP) is 2.99. The number of nitrogens with zero attached hydrogens (tertiary/aromatic N) is 2. The molecule has 0 aliphatic carbocycles. The molecule has 0 N–H and O–H groups in total. The van der Waals surface area contributed by atoms with E-state index in [1.807, 2.05) is 30.3 Å². The van der Waals surface area contributed by atoms with Crippen molar-refractivity contribution in [1.29, 1.82) is 0 Å². The summed E-state index contributed by atoms with van der Waals surface area (Å²) in [5, 5.41) is 10.9. The van der Waals surface area contributed by atoms with Crippen LogP contribution in [0.1, 0.15) is 5.56 Å². The highest BCUT2D eigenvalue weighted by molar-refractivity contribution is 5.68. The lowest BCUT2D eigenvalue weighted by Crippen LogP contribution is -2.56. The van der Waals surface area contributed by atoms with Crippen LogP contribution in [0.5, 0.6) is 5.75 Å². The van der Waals surface area contributed by atoms with Crippen molar-refractivity contribution in [2.24, 2.45) is 0 Å². The molecule has 1 heterocycles. The molecule has 2 aromatic carbocycles. The molecule has 124 valence electrons. The minimum absolute atomic E-state index is 0.0809. The van der Waals surface area contributed by atoms with E-state index in [2.05, 4.69) is 0 Å². The van der Waals surface area contributed by atoms with Gasteiger partial charge >= 0.3 is 11.8 Å². The molecule has 1 aliphatic rings. The molecule has 0 atom stereocenters. The number of carbonyl (C=O) groups is 1. The number of carbonyl (C=O) groups excluding carboxylic acids is 1. The lowest BCUT2D eigenvalue weighted by atomic mass is 10.2. The van der Waals surface area contributed by atoms with Crippen LogP contribution in [-0.4, -0.2) is 35.1 Å². The summed E-state index contributed by atoms with van der Waals surface area (Å²) in [4.78, 5) is 23.9. The summed E-state index contributed by atoms with van der Waals surface area (Å²) in [5.41, 5.74) is 0.835. The monoisotopic (exact) mass is 328 g/mol. The zero-order valence-electron chi connectivity index (χ0n) is 12.8. The van der Waals surface area contributed by atoms with E-state index in [0.29, 0.717) is 13.1 Å². The van der Waals surface area contributed by atoms with Crippen molar-refractivity contribution in [1.82, 2.24) is 4.90 Å². The standard InChI is InChI=1S/C17H16N2O5/c20-17(23-12-13-6-2-1-3-7-13)18-10-14(11-18)24-16-9-5-4-8-15(16)19(21)22/h1-9,14H,10-12H2. The van der Waals surface area contributed by atoms with Crippen LogP contribution in [0.15, 0.2) is 54.6 Å². The number of rotatable bonds is 5. The van der Waals surface area contributed by atoms with Crippen molar-refractivity contribution in [3.05, 3.63) is 70.3 Å². The molecule has 0 bridgehead atoms. The summed E-state index contributed by atoms with van der Waals surface area (Å²) in [5.74, 6) is 0.213. The molecule has 0 saturated carbocycles. The molecule has 0 spiro atoms. The minimum Gasteiger partial charge on any atom is -0.480 e. The first-order valence-corrected chi connectivity index (χ1v) is 7.49. The van der Waals surface area contributed by atoms with Gasteiger partial charge in [-0.2, -0.15) is 0 Å². The molecule has 7 heteroatoms. The highest BCUT2D eigenvalue weighted by Gasteiger charge is 2.34. The first-order chi connectivity index (χ1) is 11.6. The van der Waals surface area contributed by atoms with Crippen LogP contribution in [0.3, 0.4) is 0 Å². The van der Waals surface area contributed by atoms with Gasteiger partial charge in [-0.1, -0.05) is 42.5 Å². The predicted molar refractivity (Wildman–Crippen MR) is 85.7 cm³/mol. The van der Waals surface area contributed by atoms with Crippen molar-refractivity contribution >= 4 is 11.8 Å². The number of nitro benzene ring substituents is 1. The summed E-state index contributed by atoms with van der Waals surface area (Å²) in [6.45, 7) is 0.908. The Morgan fingerprint density at radius 2 is 1.79 bits per heavy atom. The van der Waals surface area contributed by atoms with Gasteiger partial charge in [0.05, 0.1) is 18.0 Å². The van der Waals surface area contributed by atoms with Gasteiger partial charge in [0.25, 0.3) is 0 Å². The van der Waals surface area contributed by atoms with Crippen LogP contribution in [-0.2, 0) is 11.3 Å². The van der Waals surface area contributed by atoms with Crippen LogP contribution < -0.4 is 4.74 Å². The molecule has 2 aromatic rings. The molecule has 1 aliphatic heterocycles. The fourth-order valence-corrected chi connectivity index (χ4v) is 2.36. The van der Waals surface area contributed by atoms with Crippen molar-refractivity contribution in [3.63, 3.8) is 0 Å². The van der Waals surface area contributed by atoms with Crippen LogP contribution in [0, 0.1) is 10.1 Å². The van der Waals surface area contributed by atoms with E-state index < -0.39 is 11.0 Å². The Bertz CT molecular complexity index is 729. The van der Waals surface area contributed by atoms with Gasteiger partial charge in [-0.05, 0) is 11.6 Å². The first-order valence-electron chi connectivity index (χ1n) is 7.49. The molecular formula is C17H16N2O5. The number of amides is 1. The van der Waals surface area contributed by atoms with E-state index in [-0.39, 0.29) is 24.1 Å². The van der Waals surface area contributed by atoms with Gasteiger partial charge in [0, 0.05) is 6.07 Å². The molecule has 24 heavy (non-hydrogen) atoms. The zero-order chi connectivity index (χ0) is 16.9. The maximum atomic E-state index is 11.9. The lowest BCUT2D eigenvalue weighted by molar-refractivity contribution is -0.386. The van der Waals surface area contributed by atoms with Gasteiger partial charge in [0.1, 0.15) is 12.7 Å². The second-order valence-electron chi connectivity index (χ2n) is 5.41. The lowest BCUT2D eigenvalue weighted by Gasteiger charge is -2.37. The van der Waals surface area contributed by atoms with Gasteiger partial charge in [-0.25, -0.2) is 4.79 Å². The van der Waals surface area contributed by atoms with Crippen molar-refractivity contribution in [2.75, 3.05) is 13.1 Å². The number of para-hydroxylation sites is 2. The Morgan fingerprint density at radius 1 is 1.12 bits per heavy atom. The smallest absolute Gasteiger partial charge is 0.410 e. The molecule has 1 fully saturated rings. The Morgan fingerprint density at radius 3 is 2.50 bits per heavy atom. The molecule has 1 amide bonds. The summed E-state index contributed by atoms with van der Waals surface area (Å²) in [6, 6.07) is 15.6. The normalized spacial score (nSPS) is 13.9. The molecule has 0 unspecified atom stereocenters. The highest BCUT2D eigenvalue weighted by atomic mass is 16.6. The second kappa shape index (κ2) is 6.99. The third kappa shape index (κ3) is 3.62. The van der Waals surface area contributed by atoms with Crippen LogP contribution in [0.4, 0.5) is 10.5 Å². The van der Waals surface area contributed by atoms with E-state index in [4.69, 9.17) is 9.47 Å². The van der Waals surface area contributed by atoms with Gasteiger partial charge < -0.3 is 14.4 Å². The van der Waals surface area contributed by atoms with E-state index in [1.165, 1.54) is 11.0 Å². The molecule has 3 rings (SSSR count). The summed E-state index contributed by atoms with van der Waals surface area (Å²) in [6.07, 6.45) is -0.684. The highest BCUT2D eigenvalue weighted by Crippen LogP contribution is 2.28. The van der Waals surface area contributed by atoms with Crippen molar-refractivity contribution in [3.8, 4) is 5.75 Å². The second-order valence-corrected chi connectivity index (χ2v) is 5.41. The van der Waals surface area contributed by atoms with E-state index in [1.54, 1.807) is 18.2 Å². The third-order valence-electron chi connectivity index (χ3n) is 3.67. The fraction of sp³-hybridized carbons (Fsp3) is 0.235. The zero-order valence-corrected chi connectivity index (χ0v) is 12.8.